The maximum absolute atomic E-state index is 13.8. The van der Waals surface area contributed by atoms with E-state index in [9.17, 15) is 22.4 Å². The van der Waals surface area contributed by atoms with Crippen molar-refractivity contribution in [2.45, 2.75) is 64.5 Å². The maximum Gasteiger partial charge on any atom is 0.573 e. The van der Waals surface area contributed by atoms with Crippen LogP contribution in [0.1, 0.15) is 52.5 Å². The second-order valence-electron chi connectivity index (χ2n) is 7.20. The number of para-hydroxylation sites is 1. The molecule has 3 rings (SSSR count). The minimum Gasteiger partial charge on any atom is -0.403 e. The number of hydrogen-bond donors (Lipinski definition) is 1. The lowest BCUT2D eigenvalue weighted by molar-refractivity contribution is -0.274. The molecule has 27 heavy (non-hydrogen) atoms. The molecule has 0 aliphatic heterocycles. The number of benzene rings is 1. The Morgan fingerprint density at radius 1 is 1.33 bits per heavy atom. The first-order valence-electron chi connectivity index (χ1n) is 8.51. The first kappa shape index (κ1) is 21.1. The molecule has 0 saturated heterocycles. The highest BCUT2D eigenvalue weighted by Crippen LogP contribution is 2.39. The lowest BCUT2D eigenvalue weighted by Crippen LogP contribution is -2.21. The third-order valence-corrected chi connectivity index (χ3v) is 3.98. The number of aliphatic hydroxyl groups is 1. The van der Waals surface area contributed by atoms with Crippen LogP contribution in [0.5, 0.6) is 5.75 Å². The van der Waals surface area contributed by atoms with E-state index >= 15 is 0 Å². The van der Waals surface area contributed by atoms with Crippen LogP contribution in [0.2, 0.25) is 0 Å². The molecular formula is C18H22F4N2O3. The van der Waals surface area contributed by atoms with Crippen LogP contribution < -0.4 is 4.74 Å². The molecule has 1 aromatic carbocycles. The normalized spacial score (nSPS) is 15.1. The Morgan fingerprint density at radius 3 is 2.37 bits per heavy atom. The van der Waals surface area contributed by atoms with Gasteiger partial charge in [0.25, 0.3) is 6.08 Å². The van der Waals surface area contributed by atoms with Gasteiger partial charge in [-0.2, -0.15) is 4.39 Å². The van der Waals surface area contributed by atoms with E-state index in [1.807, 2.05) is 0 Å². The molecule has 0 bridgehead atoms. The third-order valence-electron chi connectivity index (χ3n) is 3.98. The van der Waals surface area contributed by atoms with Gasteiger partial charge in [-0.3, -0.25) is 9.36 Å². The van der Waals surface area contributed by atoms with E-state index < -0.39 is 23.8 Å². The molecule has 0 unspecified atom stereocenters. The van der Waals surface area contributed by atoms with Crippen molar-refractivity contribution in [2.24, 2.45) is 0 Å². The van der Waals surface area contributed by atoms with Crippen molar-refractivity contribution in [1.82, 2.24) is 9.55 Å². The zero-order valence-corrected chi connectivity index (χ0v) is 15.3. The van der Waals surface area contributed by atoms with Gasteiger partial charge < -0.3 is 9.84 Å². The molecule has 1 saturated carbocycles. The summed E-state index contributed by atoms with van der Waals surface area (Å²) in [5.41, 5.74) is -0.584. The van der Waals surface area contributed by atoms with Gasteiger partial charge in [0.05, 0.1) is 11.1 Å². The number of alkyl halides is 3. The summed E-state index contributed by atoms with van der Waals surface area (Å²) in [7, 11) is 0. The minimum absolute atomic E-state index is 0.0255. The minimum atomic E-state index is -4.81. The summed E-state index contributed by atoms with van der Waals surface area (Å²) in [5, 5.41) is 8.97. The number of ketones is 1. The van der Waals surface area contributed by atoms with Crippen LogP contribution in [0.15, 0.2) is 18.2 Å². The van der Waals surface area contributed by atoms with Crippen LogP contribution in [-0.4, -0.2) is 32.4 Å². The molecule has 1 fully saturated rings. The number of halogens is 4. The lowest BCUT2D eigenvalue weighted by atomic mass is 9.93. The van der Waals surface area contributed by atoms with Crippen LogP contribution in [0, 0.1) is 6.08 Å². The van der Waals surface area contributed by atoms with Crippen LogP contribution in [0.25, 0.3) is 11.0 Å². The molecule has 5 nitrogen and oxygen atoms in total. The summed E-state index contributed by atoms with van der Waals surface area (Å²) in [6.45, 7) is 4.71. The van der Waals surface area contributed by atoms with Crippen molar-refractivity contribution in [2.75, 3.05) is 0 Å². The molecule has 2 aromatic rings. The summed E-state index contributed by atoms with van der Waals surface area (Å²) in [4.78, 5) is 14.0. The van der Waals surface area contributed by atoms with Gasteiger partial charge in [-0.05, 0) is 52.2 Å². The molecule has 1 aromatic heterocycles. The average molecular weight is 390 g/mol. The van der Waals surface area contributed by atoms with Crippen molar-refractivity contribution < 1.29 is 32.2 Å². The number of aromatic nitrogens is 2. The van der Waals surface area contributed by atoms with E-state index in [0.29, 0.717) is 0 Å². The molecule has 0 radical (unpaired) electrons. The zero-order valence-electron chi connectivity index (χ0n) is 15.3. The summed E-state index contributed by atoms with van der Waals surface area (Å²) in [6, 6.07) is 3.87. The van der Waals surface area contributed by atoms with Gasteiger partial charge in [0.15, 0.2) is 5.75 Å². The Hall–Kier alpha value is -2.16. The topological polar surface area (TPSA) is 64.3 Å². The van der Waals surface area contributed by atoms with E-state index in [1.165, 1.54) is 29.7 Å². The van der Waals surface area contributed by atoms with Gasteiger partial charge in [0.1, 0.15) is 11.3 Å². The smallest absolute Gasteiger partial charge is 0.403 e. The van der Waals surface area contributed by atoms with Crippen molar-refractivity contribution in [1.29, 1.82) is 0 Å². The molecular weight excluding hydrogens is 368 g/mol. The van der Waals surface area contributed by atoms with E-state index in [0.717, 1.165) is 19.3 Å². The first-order valence-corrected chi connectivity index (χ1v) is 8.51. The second-order valence-corrected chi connectivity index (χ2v) is 7.20. The fraction of sp³-hybridized carbons (Fsp3) is 0.556. The molecule has 150 valence electrons. The highest BCUT2D eigenvalue weighted by atomic mass is 19.4. The number of hydrogen-bond acceptors (Lipinski definition) is 4. The van der Waals surface area contributed by atoms with Crippen molar-refractivity contribution in [3.05, 3.63) is 24.3 Å². The van der Waals surface area contributed by atoms with E-state index in [2.05, 4.69) is 9.72 Å². The summed E-state index contributed by atoms with van der Waals surface area (Å²) in [5.74, 6) is -0.384. The molecule has 1 heterocycles. The Kier molecular flexibility index (Phi) is 6.14. The Morgan fingerprint density at radius 2 is 1.96 bits per heavy atom. The molecule has 0 spiro atoms. The number of Topliss-reactive ketones (excluding diaryl/α,β-unsaturated/α-hetero) is 1. The summed E-state index contributed by atoms with van der Waals surface area (Å²) in [6.07, 6.45) is -2.91. The number of fused-ring (bicyclic) bond motifs is 1. The number of ether oxygens (including phenoxy) is 1. The van der Waals surface area contributed by atoms with Gasteiger partial charge in [0.2, 0.25) is 0 Å². The number of carbonyl (C=O) groups excluding carboxylic acids is 1. The van der Waals surface area contributed by atoms with Crippen molar-refractivity contribution >= 4 is 16.8 Å². The van der Waals surface area contributed by atoms with Crippen LogP contribution >= 0.6 is 0 Å². The third kappa shape index (κ3) is 5.92. The maximum atomic E-state index is 13.8. The molecule has 1 aliphatic carbocycles. The van der Waals surface area contributed by atoms with Crippen molar-refractivity contribution in [3.63, 3.8) is 0 Å². The molecule has 1 aliphatic rings. The number of rotatable bonds is 4. The van der Waals surface area contributed by atoms with Gasteiger partial charge in [0, 0.05) is 12.5 Å². The Bertz CT molecular complexity index is 805. The van der Waals surface area contributed by atoms with Crippen LogP contribution in [0.3, 0.4) is 0 Å². The van der Waals surface area contributed by atoms with Crippen molar-refractivity contribution in [3.8, 4) is 5.75 Å². The molecule has 9 heteroatoms. The number of imidazole rings is 1. The summed E-state index contributed by atoms with van der Waals surface area (Å²) < 4.78 is 56.0. The van der Waals surface area contributed by atoms with Gasteiger partial charge in [-0.25, -0.2) is 4.98 Å². The largest absolute Gasteiger partial charge is 0.573 e. The highest BCUT2D eigenvalue weighted by Gasteiger charge is 2.34. The SMILES string of the molecule is CC(=O)CC(C)(C)O.Fc1nc2cccc(OC(F)(F)F)c2n1C1CCC1. The Balaban J connectivity index is 0.000000279. The summed E-state index contributed by atoms with van der Waals surface area (Å²) >= 11 is 0. The standard InChI is InChI=1S/C12H10F4N2O.C6H12O2/c13-11-17-8-5-2-6-9(19-12(14,15)16)10(8)18(11)7-3-1-4-7;1-5(7)4-6(2,3)8/h2,5-7H,1,3-4H2;8H,4H2,1-3H3. The van der Waals surface area contributed by atoms with E-state index in [-0.39, 0.29) is 29.3 Å². The second kappa shape index (κ2) is 7.84. The fourth-order valence-electron chi connectivity index (χ4n) is 2.88. The van der Waals surface area contributed by atoms with Gasteiger partial charge in [-0.1, -0.05) is 6.07 Å². The fourth-order valence-corrected chi connectivity index (χ4v) is 2.88. The predicted octanol–water partition coefficient (Wildman–Crippen LogP) is 4.54. The highest BCUT2D eigenvalue weighted by molar-refractivity contribution is 5.82. The molecule has 1 N–H and O–H groups in total. The monoisotopic (exact) mass is 390 g/mol. The van der Waals surface area contributed by atoms with E-state index in [1.54, 1.807) is 13.8 Å². The van der Waals surface area contributed by atoms with Crippen LogP contribution in [0.4, 0.5) is 17.6 Å². The van der Waals surface area contributed by atoms with Gasteiger partial charge >= 0.3 is 6.36 Å². The van der Waals surface area contributed by atoms with Gasteiger partial charge in [-0.15, -0.1) is 13.2 Å². The number of carbonyl (C=O) groups is 1. The van der Waals surface area contributed by atoms with E-state index in [4.69, 9.17) is 5.11 Å². The molecule has 0 atom stereocenters. The Labute approximate surface area is 153 Å². The predicted molar refractivity (Wildman–Crippen MR) is 90.9 cm³/mol. The number of nitrogens with zero attached hydrogens (tertiary/aromatic N) is 2. The average Bonchev–Trinajstić information content (AvgIpc) is 2.71. The zero-order chi connectivity index (χ0) is 20.4. The lowest BCUT2D eigenvalue weighted by Gasteiger charge is -2.28. The quantitative estimate of drug-likeness (QED) is 0.779. The van der Waals surface area contributed by atoms with Crippen LogP contribution in [-0.2, 0) is 4.79 Å². The molecule has 0 amide bonds. The first-order chi connectivity index (χ1) is 12.4.